The normalized spacial score (nSPS) is 19.8. The Bertz CT molecular complexity index is 674. The molecule has 1 aromatic rings. The lowest BCUT2D eigenvalue weighted by Gasteiger charge is -2.47. The van der Waals surface area contributed by atoms with E-state index in [1.807, 2.05) is 13.8 Å². The first-order chi connectivity index (χ1) is 13.3. The highest BCUT2D eigenvalue weighted by atomic mass is 32.1. The molecule has 7 nitrogen and oxygen atoms in total. The number of ether oxygens (including phenoxy) is 3. The van der Waals surface area contributed by atoms with Crippen molar-refractivity contribution in [3.05, 3.63) is 11.8 Å². The van der Waals surface area contributed by atoms with Crippen molar-refractivity contribution in [1.29, 1.82) is 0 Å². The third kappa shape index (κ3) is 5.67. The summed E-state index contributed by atoms with van der Waals surface area (Å²) in [6, 6.07) is 0. The third-order valence-electron chi connectivity index (χ3n) is 5.43. The Morgan fingerprint density at radius 2 is 2.04 bits per heavy atom. The van der Waals surface area contributed by atoms with E-state index in [9.17, 15) is 4.79 Å². The van der Waals surface area contributed by atoms with Gasteiger partial charge in [-0.25, -0.2) is 4.79 Å². The Morgan fingerprint density at radius 3 is 2.75 bits per heavy atom. The number of unbranched alkanes of at least 4 members (excludes halogenated alkanes) is 3. The zero-order valence-corrected chi connectivity index (χ0v) is 18.6. The van der Waals surface area contributed by atoms with Crippen LogP contribution in [0.3, 0.4) is 0 Å². The second-order valence-electron chi connectivity index (χ2n) is 7.85. The number of carbonyl (C=O) groups is 1. The molecule has 0 fully saturated rings. The van der Waals surface area contributed by atoms with E-state index < -0.39 is 11.9 Å². The highest BCUT2D eigenvalue weighted by molar-refractivity contribution is 6.99. The van der Waals surface area contributed by atoms with Crippen molar-refractivity contribution < 1.29 is 23.5 Å². The second kappa shape index (κ2) is 10.2. The maximum absolute atomic E-state index is 11.9. The summed E-state index contributed by atoms with van der Waals surface area (Å²) in [5.74, 6) is 0.616. The lowest BCUT2D eigenvalue weighted by molar-refractivity contribution is -0.971. The molecule has 1 aliphatic heterocycles. The SMILES string of the molecule is CCCCCCOc1nsnc1C1=CCC[N+](C)(C(C)(C)OC(=O)OCC)C1. The van der Waals surface area contributed by atoms with Crippen molar-refractivity contribution in [3.8, 4) is 5.88 Å². The van der Waals surface area contributed by atoms with Crippen LogP contribution in [0.15, 0.2) is 6.08 Å². The van der Waals surface area contributed by atoms with Gasteiger partial charge in [0.1, 0.15) is 12.2 Å². The Kier molecular flexibility index (Phi) is 8.24. The lowest BCUT2D eigenvalue weighted by Crippen LogP contribution is -2.62. The molecule has 1 unspecified atom stereocenters. The van der Waals surface area contributed by atoms with E-state index in [0.717, 1.165) is 30.7 Å². The van der Waals surface area contributed by atoms with Gasteiger partial charge in [0.05, 0.1) is 38.5 Å². The summed E-state index contributed by atoms with van der Waals surface area (Å²) in [5, 5.41) is 0. The fourth-order valence-electron chi connectivity index (χ4n) is 3.30. The largest absolute Gasteiger partial charge is 0.512 e. The van der Waals surface area contributed by atoms with Crippen LogP contribution >= 0.6 is 11.7 Å². The first kappa shape index (κ1) is 22.6. The smallest absolute Gasteiger partial charge is 0.475 e. The van der Waals surface area contributed by atoms with Gasteiger partial charge in [-0.15, -0.1) is 4.37 Å². The summed E-state index contributed by atoms with van der Waals surface area (Å²) < 4.78 is 25.9. The summed E-state index contributed by atoms with van der Waals surface area (Å²) in [6.45, 7) is 10.3. The van der Waals surface area contributed by atoms with Gasteiger partial charge in [0.15, 0.2) is 0 Å². The molecule has 2 heterocycles. The molecular formula is C20H34N3O4S+. The van der Waals surface area contributed by atoms with Crippen molar-refractivity contribution in [2.45, 2.75) is 65.5 Å². The van der Waals surface area contributed by atoms with E-state index in [1.54, 1.807) is 6.92 Å². The number of hydrogen-bond acceptors (Lipinski definition) is 7. The van der Waals surface area contributed by atoms with Crippen LogP contribution in [-0.2, 0) is 9.47 Å². The van der Waals surface area contributed by atoms with Gasteiger partial charge in [-0.3, -0.25) is 4.48 Å². The van der Waals surface area contributed by atoms with Gasteiger partial charge < -0.3 is 14.2 Å². The zero-order chi connectivity index (χ0) is 20.6. The van der Waals surface area contributed by atoms with Gasteiger partial charge in [-0.2, -0.15) is 4.37 Å². The molecule has 0 aliphatic carbocycles. The molecule has 158 valence electrons. The predicted octanol–water partition coefficient (Wildman–Crippen LogP) is 4.64. The van der Waals surface area contributed by atoms with E-state index in [0.29, 0.717) is 30.1 Å². The van der Waals surface area contributed by atoms with E-state index in [1.165, 1.54) is 31.0 Å². The maximum Gasteiger partial charge on any atom is 0.512 e. The molecule has 1 atom stereocenters. The first-order valence-corrected chi connectivity index (χ1v) is 10.9. The maximum atomic E-state index is 11.9. The van der Waals surface area contributed by atoms with Crippen molar-refractivity contribution in [1.82, 2.24) is 8.75 Å². The molecule has 0 aromatic carbocycles. The van der Waals surface area contributed by atoms with E-state index in [-0.39, 0.29) is 0 Å². The third-order valence-corrected chi connectivity index (χ3v) is 5.94. The molecule has 0 radical (unpaired) electrons. The van der Waals surface area contributed by atoms with Crippen molar-refractivity contribution in [2.75, 3.05) is 33.4 Å². The molecular weight excluding hydrogens is 378 g/mol. The van der Waals surface area contributed by atoms with Gasteiger partial charge in [-0.1, -0.05) is 32.3 Å². The number of carbonyl (C=O) groups excluding carboxylic acids is 1. The van der Waals surface area contributed by atoms with Crippen LogP contribution in [-0.4, -0.2) is 58.5 Å². The van der Waals surface area contributed by atoms with Crippen LogP contribution in [0.1, 0.15) is 65.5 Å². The zero-order valence-electron chi connectivity index (χ0n) is 17.8. The van der Waals surface area contributed by atoms with E-state index in [2.05, 4.69) is 28.8 Å². The highest BCUT2D eigenvalue weighted by Gasteiger charge is 2.46. The quantitative estimate of drug-likeness (QED) is 0.317. The minimum Gasteiger partial charge on any atom is -0.475 e. The summed E-state index contributed by atoms with van der Waals surface area (Å²) in [6.07, 6.45) is 7.06. The molecule has 0 saturated heterocycles. The Balaban J connectivity index is 2.05. The second-order valence-corrected chi connectivity index (χ2v) is 8.38. The van der Waals surface area contributed by atoms with Crippen LogP contribution < -0.4 is 4.74 Å². The summed E-state index contributed by atoms with van der Waals surface area (Å²) in [4.78, 5) is 11.9. The molecule has 0 spiro atoms. The van der Waals surface area contributed by atoms with Gasteiger partial charge >= 0.3 is 6.16 Å². The Hall–Kier alpha value is -1.67. The molecule has 0 saturated carbocycles. The first-order valence-electron chi connectivity index (χ1n) is 10.2. The predicted molar refractivity (Wildman–Crippen MR) is 110 cm³/mol. The van der Waals surface area contributed by atoms with Gasteiger partial charge in [0, 0.05) is 25.8 Å². The van der Waals surface area contributed by atoms with Gasteiger partial charge in [0.2, 0.25) is 5.72 Å². The fourth-order valence-corrected chi connectivity index (χ4v) is 3.84. The number of likely N-dealkylation sites (N-methyl/N-ethyl adjacent to an activating group) is 1. The summed E-state index contributed by atoms with van der Waals surface area (Å²) in [7, 11) is 2.09. The molecule has 1 aliphatic rings. The molecule has 8 heteroatoms. The number of nitrogens with zero attached hydrogens (tertiary/aromatic N) is 3. The number of hydrogen-bond donors (Lipinski definition) is 0. The highest BCUT2D eigenvalue weighted by Crippen LogP contribution is 2.35. The molecule has 1 aromatic heterocycles. The average Bonchev–Trinajstić information content (AvgIpc) is 3.10. The minimum atomic E-state index is -0.726. The molecule has 0 N–H and O–H groups in total. The van der Waals surface area contributed by atoms with Crippen molar-refractivity contribution in [2.24, 2.45) is 0 Å². The standard InChI is InChI=1S/C20H34N3O4S/c1-6-8-9-10-14-26-18-17(21-28-22-18)16-12-11-13-23(5,15-16)20(3,4)27-19(24)25-7-2/h12H,6-11,13-15H2,1-5H3/q+1. The molecule has 0 bridgehead atoms. The molecule has 2 rings (SSSR count). The van der Waals surface area contributed by atoms with Crippen LogP contribution in [0.25, 0.3) is 5.57 Å². The van der Waals surface area contributed by atoms with Crippen LogP contribution in [0.5, 0.6) is 5.88 Å². The van der Waals surface area contributed by atoms with Crippen LogP contribution in [0.2, 0.25) is 0 Å². The summed E-state index contributed by atoms with van der Waals surface area (Å²) >= 11 is 1.17. The van der Waals surface area contributed by atoms with E-state index >= 15 is 0 Å². The van der Waals surface area contributed by atoms with Crippen molar-refractivity contribution in [3.63, 3.8) is 0 Å². The van der Waals surface area contributed by atoms with Crippen molar-refractivity contribution >= 4 is 23.5 Å². The van der Waals surface area contributed by atoms with Gasteiger partial charge in [0.25, 0.3) is 5.88 Å². The fraction of sp³-hybridized carbons (Fsp3) is 0.750. The molecule has 0 amide bonds. The number of aromatic nitrogens is 2. The van der Waals surface area contributed by atoms with Gasteiger partial charge in [-0.05, 0) is 13.3 Å². The van der Waals surface area contributed by atoms with Crippen LogP contribution in [0, 0.1) is 0 Å². The average molecular weight is 413 g/mol. The minimum absolute atomic E-state index is 0.299. The Labute approximate surface area is 172 Å². The summed E-state index contributed by atoms with van der Waals surface area (Å²) in [5.41, 5.74) is 1.18. The van der Waals surface area contributed by atoms with E-state index in [4.69, 9.17) is 14.2 Å². The molecule has 28 heavy (non-hydrogen) atoms. The number of rotatable bonds is 10. The monoisotopic (exact) mass is 412 g/mol. The lowest BCUT2D eigenvalue weighted by atomic mass is 10.0. The number of quaternary nitrogens is 1. The Morgan fingerprint density at radius 1 is 1.25 bits per heavy atom. The topological polar surface area (TPSA) is 70.5 Å². The van der Waals surface area contributed by atoms with Crippen LogP contribution in [0.4, 0.5) is 4.79 Å².